The molecule has 42 heavy (non-hydrogen) atoms. The van der Waals surface area contributed by atoms with E-state index >= 15 is 0 Å². The van der Waals surface area contributed by atoms with Gasteiger partial charge in [0.2, 0.25) is 11.8 Å². The summed E-state index contributed by atoms with van der Waals surface area (Å²) in [5.74, 6) is -8.80. The van der Waals surface area contributed by atoms with E-state index in [4.69, 9.17) is 33.7 Å². The largest absolute Gasteiger partial charge is 0.504 e. The number of amides is 6. The standard InChI is InChI=1S/C28H21BrCl2FN3O7/c1-42-18-9-11(29)8-16(21(18)36)20-14-6-7-15-19(23(38)35(22(15)37)26(33)41)17(14)10-27(30)24(39)34(25(40)28(20,27)31)13-4-2-12(32)3-5-13/h2-6,8-9,15,17,19-20,36H,7,10H2,1H3,(H2,33,41). The van der Waals surface area contributed by atoms with Crippen LogP contribution in [0.5, 0.6) is 11.5 Å². The molecule has 6 rings (SSSR count). The highest BCUT2D eigenvalue weighted by Gasteiger charge is 2.77. The van der Waals surface area contributed by atoms with Crippen LogP contribution in [0.4, 0.5) is 14.9 Å². The quantitative estimate of drug-likeness (QED) is 0.284. The number of methoxy groups -OCH3 is 1. The maximum Gasteiger partial charge on any atom is 0.328 e. The minimum atomic E-state index is -2.26. The lowest BCUT2D eigenvalue weighted by Gasteiger charge is -2.50. The Hall–Kier alpha value is -3.48. The number of rotatable bonds is 3. The zero-order chi connectivity index (χ0) is 30.5. The lowest BCUT2D eigenvalue weighted by molar-refractivity contribution is -0.136. The first-order valence-corrected chi connectivity index (χ1v) is 14.3. The summed E-state index contributed by atoms with van der Waals surface area (Å²) in [6.45, 7) is 0. The predicted molar refractivity (Wildman–Crippen MR) is 150 cm³/mol. The van der Waals surface area contributed by atoms with Crippen LogP contribution >= 0.6 is 39.1 Å². The number of anilines is 1. The second kappa shape index (κ2) is 9.51. The number of likely N-dealkylation sites (tertiary alicyclic amines) is 1. The van der Waals surface area contributed by atoms with Crippen LogP contribution in [0, 0.1) is 23.6 Å². The molecule has 2 aliphatic carbocycles. The number of alkyl halides is 2. The topological polar surface area (TPSA) is 147 Å². The number of urea groups is 1. The van der Waals surface area contributed by atoms with Crippen LogP contribution in [0.15, 0.2) is 52.5 Å². The summed E-state index contributed by atoms with van der Waals surface area (Å²) in [7, 11) is 1.32. The molecule has 2 saturated heterocycles. The first-order chi connectivity index (χ1) is 19.8. The van der Waals surface area contributed by atoms with Crippen LogP contribution in [0.3, 0.4) is 0 Å². The molecule has 2 heterocycles. The Kier molecular flexibility index (Phi) is 6.49. The number of hydrogen-bond acceptors (Lipinski definition) is 7. The fourth-order valence-electron chi connectivity index (χ4n) is 6.93. The first-order valence-electron chi connectivity index (χ1n) is 12.7. The molecule has 6 amide bonds. The van der Waals surface area contributed by atoms with Gasteiger partial charge in [-0.1, -0.05) is 27.6 Å². The van der Waals surface area contributed by atoms with E-state index in [1.54, 1.807) is 6.08 Å². The van der Waals surface area contributed by atoms with Crippen LogP contribution in [0.25, 0.3) is 0 Å². The average Bonchev–Trinajstić information content (AvgIpc) is 3.28. The smallest absolute Gasteiger partial charge is 0.328 e. The van der Waals surface area contributed by atoms with Crippen molar-refractivity contribution in [3.8, 4) is 11.5 Å². The van der Waals surface area contributed by atoms with Crippen LogP contribution in [-0.2, 0) is 19.2 Å². The molecule has 6 unspecified atom stereocenters. The molecule has 1 saturated carbocycles. The number of nitrogens with zero attached hydrogens (tertiary/aromatic N) is 2. The molecule has 14 heteroatoms. The van der Waals surface area contributed by atoms with E-state index in [9.17, 15) is 33.5 Å². The second-order valence-corrected chi connectivity index (χ2v) is 12.8. The summed E-state index contributed by atoms with van der Waals surface area (Å²) >= 11 is 17.8. The van der Waals surface area contributed by atoms with E-state index in [1.807, 2.05) is 0 Å². The molecular formula is C28H21BrCl2FN3O7. The number of ether oxygens (including phenoxy) is 1. The molecular weight excluding hydrogens is 660 g/mol. The maximum absolute atomic E-state index is 14.3. The second-order valence-electron chi connectivity index (χ2n) is 10.6. The fourth-order valence-corrected chi connectivity index (χ4v) is 8.31. The third-order valence-corrected chi connectivity index (χ3v) is 10.6. The number of aromatic hydroxyl groups is 1. The minimum absolute atomic E-state index is 0.000673. The van der Waals surface area contributed by atoms with Crippen molar-refractivity contribution in [2.45, 2.75) is 28.5 Å². The molecule has 218 valence electrons. The molecule has 0 radical (unpaired) electrons. The number of carbonyl (C=O) groups is 5. The van der Waals surface area contributed by atoms with E-state index < -0.39 is 68.9 Å². The van der Waals surface area contributed by atoms with Gasteiger partial charge in [-0.05, 0) is 55.2 Å². The van der Waals surface area contributed by atoms with Gasteiger partial charge in [0, 0.05) is 16.0 Å². The molecule has 2 aromatic carbocycles. The van der Waals surface area contributed by atoms with Crippen molar-refractivity contribution in [2.75, 3.05) is 12.0 Å². The number of fused-ring (bicyclic) bond motifs is 4. The van der Waals surface area contributed by atoms with E-state index in [0.29, 0.717) is 14.9 Å². The number of phenolic OH excluding ortho intramolecular Hbond substituents is 1. The number of hydrogen-bond donors (Lipinski definition) is 2. The summed E-state index contributed by atoms with van der Waals surface area (Å²) in [5.41, 5.74) is 5.81. The number of carbonyl (C=O) groups excluding carboxylic acids is 5. The molecule has 3 N–H and O–H groups in total. The zero-order valence-corrected chi connectivity index (χ0v) is 24.7. The van der Waals surface area contributed by atoms with E-state index in [0.717, 1.165) is 17.0 Å². The SMILES string of the molecule is COc1cc(Br)cc(C2C3=CCC4C(=O)N(C(N)=O)C(=O)C4C3CC3(Cl)C(=O)N(c4ccc(F)cc4)C(=O)C23Cl)c1O. The van der Waals surface area contributed by atoms with Gasteiger partial charge in [0.05, 0.1) is 24.6 Å². The molecule has 6 atom stereocenters. The lowest BCUT2D eigenvalue weighted by atomic mass is 9.56. The number of primary amides is 1. The van der Waals surface area contributed by atoms with Gasteiger partial charge in [-0.25, -0.2) is 14.1 Å². The highest BCUT2D eigenvalue weighted by molar-refractivity contribution is 9.10. The number of allylic oxidation sites excluding steroid dienone is 2. The van der Waals surface area contributed by atoms with Gasteiger partial charge < -0.3 is 15.6 Å². The third-order valence-electron chi connectivity index (χ3n) is 8.72. The highest BCUT2D eigenvalue weighted by Crippen LogP contribution is 2.67. The molecule has 0 spiro atoms. The normalized spacial score (nSPS) is 32.0. The van der Waals surface area contributed by atoms with Crippen molar-refractivity contribution >= 4 is 74.5 Å². The first kappa shape index (κ1) is 28.6. The predicted octanol–water partition coefficient (Wildman–Crippen LogP) is 3.94. The zero-order valence-electron chi connectivity index (χ0n) is 21.6. The Labute approximate surface area is 256 Å². The van der Waals surface area contributed by atoms with Gasteiger partial charge in [-0.3, -0.25) is 19.2 Å². The van der Waals surface area contributed by atoms with Crippen molar-refractivity contribution in [3.05, 3.63) is 63.9 Å². The van der Waals surface area contributed by atoms with Gasteiger partial charge in [0.15, 0.2) is 21.2 Å². The molecule has 3 fully saturated rings. The lowest BCUT2D eigenvalue weighted by Crippen LogP contribution is -2.60. The van der Waals surface area contributed by atoms with Crippen molar-refractivity contribution < 1.29 is 38.2 Å². The summed E-state index contributed by atoms with van der Waals surface area (Å²) in [6.07, 6.45) is 1.28. The Balaban J connectivity index is 1.61. The van der Waals surface area contributed by atoms with E-state index in [2.05, 4.69) is 15.9 Å². The minimum Gasteiger partial charge on any atom is -0.504 e. The Bertz CT molecular complexity index is 1650. The summed E-state index contributed by atoms with van der Waals surface area (Å²) in [6, 6.07) is 6.33. The molecule has 2 aromatic rings. The maximum atomic E-state index is 14.3. The van der Waals surface area contributed by atoms with Crippen LogP contribution in [0.1, 0.15) is 24.3 Å². The Morgan fingerprint density at radius 1 is 1.10 bits per heavy atom. The fraction of sp³-hybridized carbons (Fsp3) is 0.321. The number of imide groups is 4. The highest BCUT2D eigenvalue weighted by atomic mass is 79.9. The van der Waals surface area contributed by atoms with E-state index in [1.165, 1.54) is 31.4 Å². The van der Waals surface area contributed by atoms with Gasteiger partial charge in [-0.2, -0.15) is 4.90 Å². The monoisotopic (exact) mass is 679 g/mol. The third kappa shape index (κ3) is 3.58. The van der Waals surface area contributed by atoms with Crippen molar-refractivity contribution in [1.82, 2.24) is 4.90 Å². The van der Waals surface area contributed by atoms with Crippen molar-refractivity contribution in [3.63, 3.8) is 0 Å². The number of nitrogens with two attached hydrogens (primary N) is 1. The van der Waals surface area contributed by atoms with Crippen LogP contribution in [0.2, 0.25) is 0 Å². The summed E-state index contributed by atoms with van der Waals surface area (Å²) in [4.78, 5) is 63.7. The van der Waals surface area contributed by atoms with Crippen LogP contribution in [-0.4, -0.2) is 56.5 Å². The van der Waals surface area contributed by atoms with Gasteiger partial charge in [-0.15, -0.1) is 23.2 Å². The Morgan fingerprint density at radius 2 is 1.76 bits per heavy atom. The van der Waals surface area contributed by atoms with Gasteiger partial charge in [0.25, 0.3) is 11.8 Å². The molecule has 2 aliphatic heterocycles. The number of phenols is 1. The molecule has 0 aromatic heterocycles. The molecule has 4 aliphatic rings. The van der Waals surface area contributed by atoms with Crippen LogP contribution < -0.4 is 15.4 Å². The van der Waals surface area contributed by atoms with E-state index in [-0.39, 0.29) is 35.6 Å². The Morgan fingerprint density at radius 3 is 2.38 bits per heavy atom. The van der Waals surface area contributed by atoms with Gasteiger partial charge in [0.1, 0.15) is 5.82 Å². The summed E-state index contributed by atoms with van der Waals surface area (Å²) < 4.78 is 19.5. The number of benzene rings is 2. The number of halogens is 4. The van der Waals surface area contributed by atoms with Gasteiger partial charge >= 0.3 is 6.03 Å². The van der Waals surface area contributed by atoms with Crippen molar-refractivity contribution in [1.29, 1.82) is 0 Å². The summed E-state index contributed by atoms with van der Waals surface area (Å²) in [5, 5.41) is 11.3. The molecule has 0 bridgehead atoms. The average molecular weight is 681 g/mol. The van der Waals surface area contributed by atoms with Crippen molar-refractivity contribution in [2.24, 2.45) is 23.5 Å². The molecule has 10 nitrogen and oxygen atoms in total.